The molecular weight excluding hydrogens is 400 g/mol. The van der Waals surface area contributed by atoms with Crippen molar-refractivity contribution in [2.45, 2.75) is 19.8 Å². The van der Waals surface area contributed by atoms with Gasteiger partial charge in [-0.15, -0.1) is 21.5 Å². The van der Waals surface area contributed by atoms with Gasteiger partial charge in [-0.3, -0.25) is 4.79 Å². The Hall–Kier alpha value is -0.730. The number of halogens is 2. The van der Waals surface area contributed by atoms with E-state index in [1.165, 1.54) is 11.3 Å². The molecule has 19 heavy (non-hydrogen) atoms. The summed E-state index contributed by atoms with van der Waals surface area (Å²) in [5.74, 6) is 0.0595. The van der Waals surface area contributed by atoms with E-state index in [1.807, 2.05) is 13.0 Å². The van der Waals surface area contributed by atoms with E-state index < -0.39 is 5.97 Å². The van der Waals surface area contributed by atoms with E-state index in [2.05, 4.69) is 42.1 Å². The van der Waals surface area contributed by atoms with Crippen LogP contribution in [0.4, 0.5) is 0 Å². The minimum Gasteiger partial charge on any atom is -0.481 e. The molecule has 0 aromatic carbocycles. The van der Waals surface area contributed by atoms with Crippen LogP contribution in [0.5, 0.6) is 0 Å². The van der Waals surface area contributed by atoms with E-state index in [9.17, 15) is 4.79 Å². The van der Waals surface area contributed by atoms with Crippen LogP contribution in [0.3, 0.4) is 0 Å². The molecular formula is C11H10Br2N2O3S. The third-order valence-electron chi connectivity index (χ3n) is 2.37. The van der Waals surface area contributed by atoms with Gasteiger partial charge in [0.05, 0.1) is 8.66 Å². The number of nitrogens with zero attached hydrogens (tertiary/aromatic N) is 2. The van der Waals surface area contributed by atoms with Crippen LogP contribution in [0, 0.1) is 5.92 Å². The molecule has 0 radical (unpaired) electrons. The highest BCUT2D eigenvalue weighted by molar-refractivity contribution is 9.13. The van der Waals surface area contributed by atoms with Gasteiger partial charge in [0.25, 0.3) is 5.89 Å². The fourth-order valence-corrected chi connectivity index (χ4v) is 3.51. The van der Waals surface area contributed by atoms with Gasteiger partial charge >= 0.3 is 5.97 Å². The third-order valence-corrected chi connectivity index (χ3v) is 5.61. The van der Waals surface area contributed by atoms with Crippen molar-refractivity contribution in [3.05, 3.63) is 20.2 Å². The summed E-state index contributed by atoms with van der Waals surface area (Å²) in [6.45, 7) is 1.84. The van der Waals surface area contributed by atoms with Gasteiger partial charge in [0, 0.05) is 17.3 Å². The van der Waals surface area contributed by atoms with E-state index in [0.29, 0.717) is 18.2 Å². The summed E-state index contributed by atoms with van der Waals surface area (Å²) in [6.07, 6.45) is 0.556. The van der Waals surface area contributed by atoms with Gasteiger partial charge in [0.15, 0.2) is 0 Å². The van der Waals surface area contributed by atoms with Crippen LogP contribution in [-0.2, 0) is 11.2 Å². The summed E-state index contributed by atoms with van der Waals surface area (Å²) in [6, 6.07) is 1.90. The minimum absolute atomic E-state index is 0.0346. The summed E-state index contributed by atoms with van der Waals surface area (Å²) in [7, 11) is 0. The average molecular weight is 410 g/mol. The summed E-state index contributed by atoms with van der Waals surface area (Å²) >= 11 is 8.29. The summed E-state index contributed by atoms with van der Waals surface area (Å²) in [5.41, 5.74) is 0. The molecule has 0 bridgehead atoms. The van der Waals surface area contributed by atoms with Crippen molar-refractivity contribution in [1.82, 2.24) is 10.2 Å². The normalized spacial score (nSPS) is 12.6. The molecule has 0 aliphatic rings. The van der Waals surface area contributed by atoms with E-state index in [1.54, 1.807) is 0 Å². The molecule has 8 heteroatoms. The molecule has 0 saturated heterocycles. The maximum Gasteiger partial charge on any atom is 0.303 e. The molecule has 2 rings (SSSR count). The fourth-order valence-electron chi connectivity index (χ4n) is 1.56. The highest BCUT2D eigenvalue weighted by Crippen LogP contribution is 2.37. The first-order valence-corrected chi connectivity index (χ1v) is 7.85. The van der Waals surface area contributed by atoms with Crippen LogP contribution in [0.25, 0.3) is 10.8 Å². The number of rotatable bonds is 5. The van der Waals surface area contributed by atoms with E-state index in [-0.39, 0.29) is 12.3 Å². The molecule has 0 aliphatic carbocycles. The van der Waals surface area contributed by atoms with Crippen LogP contribution < -0.4 is 0 Å². The van der Waals surface area contributed by atoms with Crippen molar-refractivity contribution < 1.29 is 14.3 Å². The Morgan fingerprint density at radius 2 is 2.26 bits per heavy atom. The maximum absolute atomic E-state index is 10.6. The van der Waals surface area contributed by atoms with Gasteiger partial charge < -0.3 is 9.52 Å². The first-order chi connectivity index (χ1) is 8.95. The summed E-state index contributed by atoms with van der Waals surface area (Å²) < 4.78 is 7.44. The smallest absolute Gasteiger partial charge is 0.303 e. The largest absolute Gasteiger partial charge is 0.481 e. The highest BCUT2D eigenvalue weighted by atomic mass is 79.9. The Kier molecular flexibility index (Phi) is 4.75. The van der Waals surface area contributed by atoms with Crippen molar-refractivity contribution in [2.75, 3.05) is 0 Å². The number of hydrogen-bond donors (Lipinski definition) is 1. The van der Waals surface area contributed by atoms with Crippen LogP contribution in [0.15, 0.2) is 18.7 Å². The van der Waals surface area contributed by atoms with E-state index >= 15 is 0 Å². The lowest BCUT2D eigenvalue weighted by Crippen LogP contribution is -2.07. The Morgan fingerprint density at radius 3 is 2.84 bits per heavy atom. The third kappa shape index (κ3) is 3.87. The van der Waals surface area contributed by atoms with Crippen LogP contribution in [0.1, 0.15) is 19.2 Å². The molecule has 0 amide bonds. The van der Waals surface area contributed by atoms with Gasteiger partial charge in [-0.1, -0.05) is 6.92 Å². The molecule has 0 spiro atoms. The van der Waals surface area contributed by atoms with Gasteiger partial charge in [-0.05, 0) is 43.8 Å². The SMILES string of the molecule is CC(CC(=O)O)Cc1nnc(-c2cc(Br)c(Br)s2)o1. The second-order valence-corrected chi connectivity index (χ2v) is 7.36. The zero-order valence-electron chi connectivity index (χ0n) is 9.89. The van der Waals surface area contributed by atoms with Crippen molar-refractivity contribution in [2.24, 2.45) is 5.92 Å². The Morgan fingerprint density at radius 1 is 1.53 bits per heavy atom. The van der Waals surface area contributed by atoms with Crippen LogP contribution in [0.2, 0.25) is 0 Å². The molecule has 0 aliphatic heterocycles. The maximum atomic E-state index is 10.6. The summed E-state index contributed by atoms with van der Waals surface area (Å²) in [4.78, 5) is 11.5. The highest BCUT2D eigenvalue weighted by Gasteiger charge is 2.16. The average Bonchev–Trinajstić information content (AvgIpc) is 2.86. The number of carboxylic acid groups (broad SMARTS) is 1. The predicted molar refractivity (Wildman–Crippen MR) is 78.1 cm³/mol. The van der Waals surface area contributed by atoms with Crippen molar-refractivity contribution >= 4 is 49.2 Å². The van der Waals surface area contributed by atoms with Crippen LogP contribution in [-0.4, -0.2) is 21.3 Å². The van der Waals surface area contributed by atoms with Gasteiger partial charge in [-0.2, -0.15) is 0 Å². The Balaban J connectivity index is 2.08. The van der Waals surface area contributed by atoms with Crippen molar-refractivity contribution in [1.29, 1.82) is 0 Å². The monoisotopic (exact) mass is 408 g/mol. The zero-order valence-corrected chi connectivity index (χ0v) is 13.9. The minimum atomic E-state index is -0.821. The molecule has 2 heterocycles. The second-order valence-electron chi connectivity index (χ2n) is 4.14. The number of hydrogen-bond acceptors (Lipinski definition) is 5. The molecule has 102 valence electrons. The standard InChI is InChI=1S/C11H10Br2N2O3S/c1-5(3-9(16)17)2-8-14-15-11(18-8)7-4-6(12)10(13)19-7/h4-5H,2-3H2,1H3,(H,16,17). The lowest BCUT2D eigenvalue weighted by molar-refractivity contribution is -0.137. The van der Waals surface area contributed by atoms with Crippen molar-refractivity contribution in [3.8, 4) is 10.8 Å². The number of thiophene rings is 1. The van der Waals surface area contributed by atoms with E-state index in [0.717, 1.165) is 13.1 Å². The first kappa shape index (κ1) is 14.7. The number of carbonyl (C=O) groups is 1. The lowest BCUT2D eigenvalue weighted by Gasteiger charge is -2.03. The fraction of sp³-hybridized carbons (Fsp3) is 0.364. The summed E-state index contributed by atoms with van der Waals surface area (Å²) in [5, 5.41) is 16.6. The molecule has 0 fully saturated rings. The number of aromatic nitrogens is 2. The predicted octanol–water partition coefficient (Wildman–Crippen LogP) is 3.98. The van der Waals surface area contributed by atoms with Gasteiger partial charge in [0.1, 0.15) is 0 Å². The van der Waals surface area contributed by atoms with Crippen molar-refractivity contribution in [3.63, 3.8) is 0 Å². The first-order valence-electron chi connectivity index (χ1n) is 5.45. The molecule has 1 atom stereocenters. The lowest BCUT2D eigenvalue weighted by atomic mass is 10.0. The van der Waals surface area contributed by atoms with Gasteiger partial charge in [-0.25, -0.2) is 0 Å². The molecule has 2 aromatic rings. The quantitative estimate of drug-likeness (QED) is 0.808. The Bertz CT molecular complexity index is 577. The van der Waals surface area contributed by atoms with E-state index in [4.69, 9.17) is 9.52 Å². The van der Waals surface area contributed by atoms with Gasteiger partial charge in [0.2, 0.25) is 5.89 Å². The molecule has 2 aromatic heterocycles. The second kappa shape index (κ2) is 6.15. The van der Waals surface area contributed by atoms with Crippen LogP contribution >= 0.6 is 43.2 Å². The molecule has 0 saturated carbocycles. The topological polar surface area (TPSA) is 76.2 Å². The zero-order chi connectivity index (χ0) is 14.0. The Labute approximate surface area is 130 Å². The number of aliphatic carboxylic acids is 1. The molecule has 5 nitrogen and oxygen atoms in total. The molecule has 1 unspecified atom stereocenters. The molecule has 1 N–H and O–H groups in total. The number of carboxylic acids is 1.